The van der Waals surface area contributed by atoms with E-state index in [1.807, 2.05) is 24.3 Å². The van der Waals surface area contributed by atoms with Crippen molar-refractivity contribution in [3.05, 3.63) is 29.8 Å². The van der Waals surface area contributed by atoms with Crippen LogP contribution in [0, 0.1) is 0 Å². The highest BCUT2D eigenvalue weighted by atomic mass is 32.2. The fraction of sp³-hybridized carbons (Fsp3) is 0.684. The van der Waals surface area contributed by atoms with Crippen LogP contribution in [0.25, 0.3) is 0 Å². The number of rotatable bonds is 10. The molecule has 5 nitrogen and oxygen atoms in total. The highest BCUT2D eigenvalue weighted by Crippen LogP contribution is 2.25. The van der Waals surface area contributed by atoms with Gasteiger partial charge in [-0.2, -0.15) is 0 Å². The molecule has 0 aliphatic carbocycles. The average Bonchev–Trinajstić information content (AvgIpc) is 2.93. The lowest BCUT2D eigenvalue weighted by atomic mass is 10.1. The monoisotopic (exact) mass is 401 g/mol. The van der Waals surface area contributed by atoms with E-state index in [9.17, 15) is 16.8 Å². The molecule has 1 aromatic rings. The molecule has 1 aliphatic rings. The van der Waals surface area contributed by atoms with E-state index in [0.29, 0.717) is 13.0 Å². The van der Waals surface area contributed by atoms with Crippen molar-refractivity contribution in [3.8, 4) is 0 Å². The molecule has 1 aliphatic heterocycles. The molecule has 0 aromatic heterocycles. The zero-order chi connectivity index (χ0) is 19.2. The molecule has 7 heteroatoms. The van der Waals surface area contributed by atoms with E-state index in [0.717, 1.165) is 49.8 Å². The second kappa shape index (κ2) is 9.22. The van der Waals surface area contributed by atoms with Crippen molar-refractivity contribution in [2.24, 2.45) is 0 Å². The van der Waals surface area contributed by atoms with Gasteiger partial charge in [0, 0.05) is 6.54 Å². The van der Waals surface area contributed by atoms with Crippen molar-refractivity contribution in [2.45, 2.75) is 64.0 Å². The molecule has 0 radical (unpaired) electrons. The fourth-order valence-electron chi connectivity index (χ4n) is 3.20. The van der Waals surface area contributed by atoms with Gasteiger partial charge in [-0.3, -0.25) is 4.31 Å². The number of aryl methyl sites for hydroxylation is 1. The number of sulfone groups is 1. The summed E-state index contributed by atoms with van der Waals surface area (Å²) in [4.78, 5) is 0. The Morgan fingerprint density at radius 3 is 2.42 bits per heavy atom. The van der Waals surface area contributed by atoms with Gasteiger partial charge in [0.2, 0.25) is 10.0 Å². The van der Waals surface area contributed by atoms with E-state index in [4.69, 9.17) is 0 Å². The van der Waals surface area contributed by atoms with Crippen molar-refractivity contribution in [1.29, 1.82) is 0 Å². The summed E-state index contributed by atoms with van der Waals surface area (Å²) in [5, 5.41) is -0.283. The second-order valence-electron chi connectivity index (χ2n) is 7.35. The maximum atomic E-state index is 12.0. The molecule has 0 spiro atoms. The van der Waals surface area contributed by atoms with E-state index in [-0.39, 0.29) is 16.8 Å². The molecule has 1 fully saturated rings. The van der Waals surface area contributed by atoms with Crippen LogP contribution in [-0.4, -0.2) is 40.1 Å². The molecule has 0 unspecified atom stereocenters. The Balaban J connectivity index is 1.71. The first-order valence-corrected chi connectivity index (χ1v) is 12.9. The predicted molar refractivity (Wildman–Crippen MR) is 108 cm³/mol. The number of unbranched alkanes of at least 4 members (excludes halogenated alkanes) is 4. The van der Waals surface area contributed by atoms with Crippen LogP contribution in [0.15, 0.2) is 24.3 Å². The number of hydrogen-bond donors (Lipinski definition) is 0. The number of anilines is 1. The Kier molecular flexibility index (Phi) is 7.52. The summed E-state index contributed by atoms with van der Waals surface area (Å²) in [6.45, 7) is 4.04. The molecule has 1 saturated heterocycles. The summed E-state index contributed by atoms with van der Waals surface area (Å²) in [6.07, 6.45) is 6.43. The van der Waals surface area contributed by atoms with E-state index in [1.165, 1.54) is 4.31 Å². The maximum absolute atomic E-state index is 12.0. The van der Waals surface area contributed by atoms with Crippen LogP contribution < -0.4 is 4.31 Å². The second-order valence-corrected chi connectivity index (χ2v) is 12.0. The molecular weight excluding hydrogens is 370 g/mol. The first-order valence-electron chi connectivity index (χ1n) is 9.53. The molecule has 0 atom stereocenters. The van der Waals surface area contributed by atoms with Crippen LogP contribution >= 0.6 is 0 Å². The first-order chi connectivity index (χ1) is 12.2. The first kappa shape index (κ1) is 21.2. The molecule has 0 bridgehead atoms. The summed E-state index contributed by atoms with van der Waals surface area (Å²) >= 11 is 0. The zero-order valence-electron chi connectivity index (χ0n) is 15.9. The van der Waals surface area contributed by atoms with Gasteiger partial charge in [0.25, 0.3) is 0 Å². The Morgan fingerprint density at radius 2 is 1.77 bits per heavy atom. The van der Waals surface area contributed by atoms with Crippen LogP contribution in [-0.2, 0) is 26.3 Å². The van der Waals surface area contributed by atoms with Crippen molar-refractivity contribution in [3.63, 3.8) is 0 Å². The zero-order valence-corrected chi connectivity index (χ0v) is 17.5. The number of nitrogens with zero attached hydrogens (tertiary/aromatic N) is 1. The minimum absolute atomic E-state index is 0.240. The van der Waals surface area contributed by atoms with Crippen molar-refractivity contribution in [1.82, 2.24) is 0 Å². The van der Waals surface area contributed by atoms with Crippen LogP contribution in [0.3, 0.4) is 0 Å². The van der Waals surface area contributed by atoms with E-state index in [1.54, 1.807) is 13.8 Å². The molecule has 148 valence electrons. The van der Waals surface area contributed by atoms with Crippen LogP contribution in [0.4, 0.5) is 5.69 Å². The lowest BCUT2D eigenvalue weighted by molar-refractivity contribution is 0.577. The maximum Gasteiger partial charge on any atom is 0.235 e. The Hall–Kier alpha value is -1.08. The van der Waals surface area contributed by atoms with Gasteiger partial charge in [0.05, 0.1) is 22.4 Å². The molecule has 0 saturated carbocycles. The molecule has 1 aromatic carbocycles. The lowest BCUT2D eigenvalue weighted by Gasteiger charge is -2.17. The van der Waals surface area contributed by atoms with Gasteiger partial charge in [-0.15, -0.1) is 0 Å². The normalized spacial score (nSPS) is 17.1. The highest BCUT2D eigenvalue weighted by molar-refractivity contribution is 7.93. The van der Waals surface area contributed by atoms with Gasteiger partial charge in [-0.25, -0.2) is 16.8 Å². The smallest absolute Gasteiger partial charge is 0.235 e. The third-order valence-corrected chi connectivity index (χ3v) is 9.07. The van der Waals surface area contributed by atoms with Crippen molar-refractivity contribution < 1.29 is 16.8 Å². The lowest BCUT2D eigenvalue weighted by Crippen LogP contribution is -2.25. The third-order valence-electron chi connectivity index (χ3n) is 4.91. The summed E-state index contributed by atoms with van der Waals surface area (Å²) in [7, 11) is -6.04. The number of hydrogen-bond acceptors (Lipinski definition) is 4. The SMILES string of the molecule is CC(C)S(=O)(=O)CCCCCCCc1cccc(N2CCCS2(=O)=O)c1. The molecule has 2 rings (SSSR count). The van der Waals surface area contributed by atoms with Gasteiger partial charge in [-0.1, -0.05) is 31.4 Å². The highest BCUT2D eigenvalue weighted by Gasteiger charge is 2.28. The minimum atomic E-state index is -3.13. The molecular formula is C19H31NO4S2. The largest absolute Gasteiger partial charge is 0.270 e. The number of benzene rings is 1. The van der Waals surface area contributed by atoms with Crippen LogP contribution in [0.5, 0.6) is 0 Å². The van der Waals surface area contributed by atoms with Gasteiger partial charge < -0.3 is 0 Å². The van der Waals surface area contributed by atoms with E-state index >= 15 is 0 Å². The van der Waals surface area contributed by atoms with Gasteiger partial charge in [0.15, 0.2) is 9.84 Å². The average molecular weight is 402 g/mol. The minimum Gasteiger partial charge on any atom is -0.270 e. The van der Waals surface area contributed by atoms with Crippen LogP contribution in [0.2, 0.25) is 0 Å². The van der Waals surface area contributed by atoms with E-state index < -0.39 is 19.9 Å². The van der Waals surface area contributed by atoms with Gasteiger partial charge in [-0.05, 0) is 57.2 Å². The van der Waals surface area contributed by atoms with Crippen molar-refractivity contribution in [2.75, 3.05) is 22.4 Å². The standard InChI is InChI=1S/C19H31NO4S2/c1-17(2)25(21,22)14-7-5-3-4-6-10-18-11-8-12-19(16-18)20-13-9-15-26(20,23)24/h8,11-12,16-17H,3-7,9-10,13-15H2,1-2H3. The Morgan fingerprint density at radius 1 is 1.08 bits per heavy atom. The Labute approximate surface area is 158 Å². The fourth-order valence-corrected chi connectivity index (χ4v) is 5.83. The van der Waals surface area contributed by atoms with Crippen molar-refractivity contribution >= 4 is 25.5 Å². The topological polar surface area (TPSA) is 71.5 Å². The van der Waals surface area contributed by atoms with E-state index in [2.05, 4.69) is 0 Å². The summed E-state index contributed by atoms with van der Waals surface area (Å²) < 4.78 is 49.1. The van der Waals surface area contributed by atoms with Gasteiger partial charge >= 0.3 is 0 Å². The predicted octanol–water partition coefficient (Wildman–Crippen LogP) is 3.54. The molecule has 1 heterocycles. The third kappa shape index (κ3) is 5.98. The van der Waals surface area contributed by atoms with Crippen LogP contribution in [0.1, 0.15) is 57.9 Å². The number of sulfonamides is 1. The summed E-state index contributed by atoms with van der Waals surface area (Å²) in [5.41, 5.74) is 1.94. The molecule has 0 amide bonds. The molecule has 26 heavy (non-hydrogen) atoms. The Bertz CT molecular complexity index is 786. The van der Waals surface area contributed by atoms with Gasteiger partial charge in [0.1, 0.15) is 0 Å². The summed E-state index contributed by atoms with van der Waals surface area (Å²) in [6, 6.07) is 7.82. The quantitative estimate of drug-likeness (QED) is 0.562. The summed E-state index contributed by atoms with van der Waals surface area (Å²) in [5.74, 6) is 0.529. The molecule has 0 N–H and O–H groups in total.